The lowest BCUT2D eigenvalue weighted by Gasteiger charge is -2.42. The summed E-state index contributed by atoms with van der Waals surface area (Å²) in [6, 6.07) is 10.0. The van der Waals surface area contributed by atoms with Gasteiger partial charge in [0.15, 0.2) is 14.6 Å². The van der Waals surface area contributed by atoms with E-state index >= 15 is 0 Å². The van der Waals surface area contributed by atoms with Crippen LogP contribution < -0.4 is 0 Å². The Bertz CT molecular complexity index is 539. The van der Waals surface area contributed by atoms with Gasteiger partial charge in [-0.05, 0) is 35.9 Å². The number of rotatable bonds is 10. The van der Waals surface area contributed by atoms with Crippen molar-refractivity contribution in [2.45, 2.75) is 95.9 Å². The van der Waals surface area contributed by atoms with Gasteiger partial charge in [0, 0.05) is 12.2 Å². The van der Waals surface area contributed by atoms with Gasteiger partial charge in [-0.25, -0.2) is 0 Å². The number of aliphatic hydroxyl groups excluding tert-OH is 1. The molecule has 1 heterocycles. The molecule has 0 radical (unpaired) electrons. The molecule has 160 valence electrons. The summed E-state index contributed by atoms with van der Waals surface area (Å²) < 4.78 is 18.4. The maximum Gasteiger partial charge on any atom is 0.200 e. The molecule has 0 aliphatic carbocycles. The third-order valence-electron chi connectivity index (χ3n) is 6.14. The van der Waals surface area contributed by atoms with Gasteiger partial charge in [0.1, 0.15) is 0 Å². The molecule has 1 aromatic carbocycles. The van der Waals surface area contributed by atoms with Crippen molar-refractivity contribution >= 4 is 8.32 Å². The molecule has 0 bridgehead atoms. The van der Waals surface area contributed by atoms with Crippen LogP contribution in [0.3, 0.4) is 0 Å². The average Bonchev–Trinajstić information content (AvgIpc) is 2.65. The third-order valence-corrected chi connectivity index (χ3v) is 12.3. The van der Waals surface area contributed by atoms with Crippen molar-refractivity contribution in [1.29, 1.82) is 0 Å². The Kier molecular flexibility index (Phi) is 9.16. The molecule has 3 atom stereocenters. The molecule has 0 amide bonds. The van der Waals surface area contributed by atoms with Crippen LogP contribution in [0, 0.1) is 0 Å². The lowest BCUT2D eigenvalue weighted by Crippen LogP contribution is -2.48. The van der Waals surface area contributed by atoms with Crippen LogP contribution in [0.2, 0.25) is 16.6 Å². The molecule has 1 N–H and O–H groups in total. The lowest BCUT2D eigenvalue weighted by atomic mass is 10.1. The van der Waals surface area contributed by atoms with Gasteiger partial charge in [-0.1, -0.05) is 71.9 Å². The Labute approximate surface area is 172 Å². The van der Waals surface area contributed by atoms with Gasteiger partial charge in [-0.3, -0.25) is 0 Å². The number of benzene rings is 1. The minimum atomic E-state index is -1.86. The van der Waals surface area contributed by atoms with Crippen LogP contribution in [-0.2, 0) is 13.9 Å². The maximum atomic E-state index is 10.6. The normalized spacial score (nSPS) is 22.2. The third kappa shape index (κ3) is 5.89. The summed E-state index contributed by atoms with van der Waals surface area (Å²) in [6.45, 7) is 15.1. The van der Waals surface area contributed by atoms with Crippen molar-refractivity contribution < 1.29 is 19.0 Å². The van der Waals surface area contributed by atoms with Crippen LogP contribution in [0.1, 0.15) is 72.7 Å². The molecule has 0 saturated carbocycles. The van der Waals surface area contributed by atoms with Crippen LogP contribution in [0.25, 0.3) is 0 Å². The van der Waals surface area contributed by atoms with Gasteiger partial charge in [-0.2, -0.15) is 0 Å². The van der Waals surface area contributed by atoms with Crippen LogP contribution >= 0.6 is 0 Å². The summed E-state index contributed by atoms with van der Waals surface area (Å²) in [5.74, 6) is 0. The molecule has 1 aromatic rings. The molecule has 1 fully saturated rings. The summed E-state index contributed by atoms with van der Waals surface area (Å²) >= 11 is 0. The second-order valence-corrected chi connectivity index (χ2v) is 14.5. The van der Waals surface area contributed by atoms with E-state index in [1.165, 1.54) is 0 Å². The van der Waals surface area contributed by atoms with E-state index in [4.69, 9.17) is 13.9 Å². The maximum absolute atomic E-state index is 10.6. The first kappa shape index (κ1) is 23.6. The van der Waals surface area contributed by atoms with Gasteiger partial charge in [0.25, 0.3) is 0 Å². The number of hydrogen-bond donors (Lipinski definition) is 1. The molecule has 0 aromatic heterocycles. The largest absolute Gasteiger partial charge is 0.416 e. The zero-order chi connectivity index (χ0) is 20.7. The van der Waals surface area contributed by atoms with Gasteiger partial charge in [-0.15, -0.1) is 0 Å². The van der Waals surface area contributed by atoms with Crippen LogP contribution in [0.4, 0.5) is 0 Å². The molecule has 1 aliphatic rings. The topological polar surface area (TPSA) is 47.9 Å². The van der Waals surface area contributed by atoms with Crippen molar-refractivity contribution in [1.82, 2.24) is 0 Å². The summed E-state index contributed by atoms with van der Waals surface area (Å²) in [6.07, 6.45) is 1.41. The zero-order valence-corrected chi connectivity index (χ0v) is 19.6. The van der Waals surface area contributed by atoms with Crippen molar-refractivity contribution in [2.75, 3.05) is 13.2 Å². The van der Waals surface area contributed by atoms with E-state index in [2.05, 4.69) is 41.5 Å². The first-order valence-corrected chi connectivity index (χ1v) is 13.0. The molecule has 28 heavy (non-hydrogen) atoms. The van der Waals surface area contributed by atoms with Crippen molar-refractivity contribution in [3.63, 3.8) is 0 Å². The minimum Gasteiger partial charge on any atom is -0.416 e. The van der Waals surface area contributed by atoms with Gasteiger partial charge in [0.2, 0.25) is 0 Å². The van der Waals surface area contributed by atoms with Crippen molar-refractivity contribution in [3.05, 3.63) is 35.9 Å². The second kappa shape index (κ2) is 10.9. The van der Waals surface area contributed by atoms with Gasteiger partial charge >= 0.3 is 0 Å². The molecule has 1 unspecified atom stereocenters. The first-order valence-electron chi connectivity index (χ1n) is 10.9. The predicted octanol–water partition coefficient (Wildman–Crippen LogP) is 5.82. The highest BCUT2D eigenvalue weighted by atomic mass is 28.4. The van der Waals surface area contributed by atoms with Crippen LogP contribution in [0.15, 0.2) is 30.3 Å². The fraction of sp³-hybridized carbons (Fsp3) is 0.739. The Balaban J connectivity index is 1.84. The summed E-state index contributed by atoms with van der Waals surface area (Å²) in [4.78, 5) is 0. The first-order chi connectivity index (χ1) is 13.3. The smallest absolute Gasteiger partial charge is 0.200 e. The predicted molar refractivity (Wildman–Crippen MR) is 117 cm³/mol. The lowest BCUT2D eigenvalue weighted by molar-refractivity contribution is -0.222. The van der Waals surface area contributed by atoms with E-state index in [9.17, 15) is 5.11 Å². The monoisotopic (exact) mass is 408 g/mol. The number of hydrogen-bond acceptors (Lipinski definition) is 4. The summed E-state index contributed by atoms with van der Waals surface area (Å²) in [7, 11) is -1.86. The fourth-order valence-electron chi connectivity index (χ4n) is 4.84. The average molecular weight is 409 g/mol. The fourth-order valence-corrected chi connectivity index (χ4v) is 10.3. The van der Waals surface area contributed by atoms with Crippen LogP contribution in [-0.4, -0.2) is 38.8 Å². The van der Waals surface area contributed by atoms with E-state index in [1.807, 2.05) is 30.3 Å². The molecular weight excluding hydrogens is 368 g/mol. The minimum absolute atomic E-state index is 0.0243. The molecule has 1 saturated heterocycles. The number of aliphatic hydroxyl groups is 1. The second-order valence-electron chi connectivity index (χ2n) is 9.00. The number of ether oxygens (including phenoxy) is 2. The van der Waals surface area contributed by atoms with E-state index in [0.717, 1.165) is 12.0 Å². The molecular formula is C23H40O4Si. The molecule has 0 spiro atoms. The summed E-state index contributed by atoms with van der Waals surface area (Å²) in [5, 5.41) is 10.6. The van der Waals surface area contributed by atoms with Crippen LogP contribution in [0.5, 0.6) is 0 Å². The quantitative estimate of drug-likeness (QED) is 0.495. The Hall–Kier alpha value is -0.723. The van der Waals surface area contributed by atoms with Crippen molar-refractivity contribution in [2.24, 2.45) is 0 Å². The van der Waals surface area contributed by atoms with Crippen molar-refractivity contribution in [3.8, 4) is 0 Å². The SMILES string of the molecule is CC(C)[Si](OCC[C@H](O)C[C@@H]1CCOC(c2ccccc2)O1)(C(C)C)C(C)C. The van der Waals surface area contributed by atoms with E-state index in [0.29, 0.717) is 42.7 Å². The van der Waals surface area contributed by atoms with E-state index in [1.54, 1.807) is 0 Å². The summed E-state index contributed by atoms with van der Waals surface area (Å²) in [5.41, 5.74) is 2.73. The Morgan fingerprint density at radius 3 is 2.21 bits per heavy atom. The molecule has 4 nitrogen and oxygen atoms in total. The highest BCUT2D eigenvalue weighted by Gasteiger charge is 2.44. The van der Waals surface area contributed by atoms with E-state index in [-0.39, 0.29) is 12.4 Å². The van der Waals surface area contributed by atoms with Gasteiger partial charge in [0.05, 0.1) is 18.8 Å². The molecule has 2 rings (SSSR count). The van der Waals surface area contributed by atoms with Gasteiger partial charge < -0.3 is 19.0 Å². The molecule has 5 heteroatoms. The highest BCUT2D eigenvalue weighted by Crippen LogP contribution is 2.42. The Morgan fingerprint density at radius 1 is 1.04 bits per heavy atom. The van der Waals surface area contributed by atoms with E-state index < -0.39 is 14.4 Å². The highest BCUT2D eigenvalue weighted by molar-refractivity contribution is 6.77. The standard InChI is InChI=1S/C23H40O4Si/c1-17(2)28(18(3)4,19(5)6)26-15-12-21(24)16-22-13-14-25-23(27-22)20-10-8-7-9-11-20/h7-11,17-19,21-24H,12-16H2,1-6H3/t21-,22-,23?/m0/s1. The zero-order valence-electron chi connectivity index (χ0n) is 18.6. The molecule has 1 aliphatic heterocycles. The Morgan fingerprint density at radius 2 is 1.64 bits per heavy atom.